The summed E-state index contributed by atoms with van der Waals surface area (Å²) in [6.07, 6.45) is 0.937. The average Bonchev–Trinajstić information content (AvgIpc) is 3.01. The molecule has 2 saturated heterocycles. The number of nitrogens with zero attached hydrogens (tertiary/aromatic N) is 3. The van der Waals surface area contributed by atoms with Crippen LogP contribution >= 0.6 is 35.0 Å². The first-order valence-electron chi connectivity index (χ1n) is 10.1. The molecule has 2 fully saturated rings. The van der Waals surface area contributed by atoms with E-state index >= 15 is 0 Å². The summed E-state index contributed by atoms with van der Waals surface area (Å²) in [5.74, 6) is 0.156. The number of thioether (sulfide) groups is 1. The molecule has 2 heterocycles. The lowest BCUT2D eigenvalue weighted by Crippen LogP contribution is -2.53. The summed E-state index contributed by atoms with van der Waals surface area (Å²) in [6.45, 7) is 9.22. The second kappa shape index (κ2) is 10.2. The summed E-state index contributed by atoms with van der Waals surface area (Å²) < 4.78 is 0. The van der Waals surface area contributed by atoms with Crippen LogP contribution in [0.25, 0.3) is 0 Å². The van der Waals surface area contributed by atoms with Crippen LogP contribution in [0.15, 0.2) is 18.2 Å². The topological polar surface area (TPSA) is 55.9 Å². The fourth-order valence-electron chi connectivity index (χ4n) is 3.59. The van der Waals surface area contributed by atoms with Crippen LogP contribution in [0.1, 0.15) is 31.2 Å². The third-order valence-corrected chi connectivity index (χ3v) is 7.45. The van der Waals surface area contributed by atoms with Gasteiger partial charge in [-0.05, 0) is 31.0 Å². The largest absolute Gasteiger partial charge is 0.338 e. The molecule has 1 aromatic rings. The van der Waals surface area contributed by atoms with E-state index in [-0.39, 0.29) is 22.6 Å². The molecule has 1 N–H and O–H groups in total. The molecular weight excluding hydrogens is 431 g/mol. The van der Waals surface area contributed by atoms with Gasteiger partial charge in [0.1, 0.15) is 5.37 Å². The molecule has 0 saturated carbocycles. The number of nitrogens with one attached hydrogen (secondary N) is 1. The molecule has 0 aliphatic carbocycles. The zero-order chi connectivity index (χ0) is 21.0. The third kappa shape index (κ3) is 5.51. The van der Waals surface area contributed by atoms with E-state index in [2.05, 4.69) is 10.2 Å². The molecule has 0 aromatic heterocycles. The van der Waals surface area contributed by atoms with E-state index in [1.807, 2.05) is 35.8 Å². The molecule has 160 valence electrons. The number of benzene rings is 1. The fourth-order valence-corrected chi connectivity index (χ4v) is 5.20. The monoisotopic (exact) mass is 458 g/mol. The Labute approximate surface area is 186 Å². The van der Waals surface area contributed by atoms with E-state index in [9.17, 15) is 9.59 Å². The van der Waals surface area contributed by atoms with Crippen LogP contribution in [0, 0.1) is 0 Å². The highest BCUT2D eigenvalue weighted by atomic mass is 35.5. The molecular formula is C20H28Cl2N4O2S. The second-order valence-corrected chi connectivity index (χ2v) is 9.64. The molecule has 2 aliphatic heterocycles. The Bertz CT molecular complexity index is 743. The summed E-state index contributed by atoms with van der Waals surface area (Å²) >= 11 is 13.9. The highest BCUT2D eigenvalue weighted by Gasteiger charge is 2.38. The van der Waals surface area contributed by atoms with Gasteiger partial charge in [-0.1, -0.05) is 36.2 Å². The van der Waals surface area contributed by atoms with Crippen LogP contribution < -0.4 is 5.32 Å². The number of rotatable bonds is 6. The van der Waals surface area contributed by atoms with Crippen LogP contribution in [-0.2, 0) is 4.79 Å². The number of hydrogen-bond acceptors (Lipinski definition) is 4. The summed E-state index contributed by atoms with van der Waals surface area (Å²) in [7, 11) is 0. The van der Waals surface area contributed by atoms with Gasteiger partial charge in [0.05, 0.1) is 15.3 Å². The van der Waals surface area contributed by atoms with E-state index < -0.39 is 0 Å². The molecule has 0 radical (unpaired) electrons. The minimum absolute atomic E-state index is 0.0196. The van der Waals surface area contributed by atoms with Crippen LogP contribution in [0.5, 0.6) is 0 Å². The van der Waals surface area contributed by atoms with Gasteiger partial charge in [-0.3, -0.25) is 9.69 Å². The first-order chi connectivity index (χ1) is 13.9. The van der Waals surface area contributed by atoms with Crippen molar-refractivity contribution in [2.45, 2.75) is 30.9 Å². The second-order valence-electron chi connectivity index (χ2n) is 7.40. The Kier molecular flexibility index (Phi) is 7.96. The van der Waals surface area contributed by atoms with Gasteiger partial charge in [0, 0.05) is 45.8 Å². The predicted molar refractivity (Wildman–Crippen MR) is 120 cm³/mol. The van der Waals surface area contributed by atoms with E-state index in [1.54, 1.807) is 17.8 Å². The van der Waals surface area contributed by atoms with Crippen molar-refractivity contribution in [1.82, 2.24) is 20.0 Å². The predicted octanol–water partition coefficient (Wildman–Crippen LogP) is 3.69. The zero-order valence-corrected chi connectivity index (χ0v) is 19.2. The lowest BCUT2D eigenvalue weighted by molar-refractivity contribution is -0.130. The normalized spacial score (nSPS) is 23.0. The van der Waals surface area contributed by atoms with E-state index in [4.69, 9.17) is 23.2 Å². The molecule has 9 heteroatoms. The summed E-state index contributed by atoms with van der Waals surface area (Å²) in [5.41, 5.74) is 1.000. The lowest BCUT2D eigenvalue weighted by Gasteiger charge is -2.36. The Morgan fingerprint density at radius 3 is 2.55 bits per heavy atom. The Balaban J connectivity index is 1.55. The first-order valence-corrected chi connectivity index (χ1v) is 11.8. The smallest absolute Gasteiger partial charge is 0.317 e. The molecule has 6 nitrogen and oxygen atoms in total. The van der Waals surface area contributed by atoms with Crippen LogP contribution in [-0.4, -0.2) is 77.7 Å². The molecule has 2 atom stereocenters. The number of amides is 3. The van der Waals surface area contributed by atoms with Gasteiger partial charge in [0.15, 0.2) is 0 Å². The number of piperazine rings is 1. The minimum atomic E-state index is -0.0754. The summed E-state index contributed by atoms with van der Waals surface area (Å²) in [4.78, 5) is 30.9. The van der Waals surface area contributed by atoms with E-state index in [0.29, 0.717) is 36.2 Å². The standard InChI is InChI=1S/C20H28Cl2N4O2S/c1-3-6-23-20(28)25-10-7-24(8-11-25)9-12-26-18(27)14(2)29-19(26)15-4-5-16(21)17(22)13-15/h4-5,13-14,19H,3,6-12H2,1-2H3,(H,23,28). The average molecular weight is 459 g/mol. The van der Waals surface area contributed by atoms with Crippen molar-refractivity contribution >= 4 is 46.9 Å². The number of urea groups is 1. The van der Waals surface area contributed by atoms with Gasteiger partial charge in [0.2, 0.25) is 5.91 Å². The van der Waals surface area contributed by atoms with Crippen LogP contribution in [0.3, 0.4) is 0 Å². The van der Waals surface area contributed by atoms with Gasteiger partial charge in [0.25, 0.3) is 0 Å². The van der Waals surface area contributed by atoms with E-state index in [1.165, 1.54) is 0 Å². The molecule has 1 aromatic carbocycles. The molecule has 2 aliphatic rings. The number of halogens is 2. The SMILES string of the molecule is CCCNC(=O)N1CCN(CCN2C(=O)C(C)SC2c2ccc(Cl)c(Cl)c2)CC1. The molecule has 0 bridgehead atoms. The maximum atomic E-state index is 12.7. The molecule has 0 spiro atoms. The van der Waals surface area contributed by atoms with Crippen LogP contribution in [0.4, 0.5) is 4.79 Å². The number of carbonyl (C=O) groups is 2. The van der Waals surface area contributed by atoms with Crippen LogP contribution in [0.2, 0.25) is 10.0 Å². The zero-order valence-electron chi connectivity index (χ0n) is 16.9. The van der Waals surface area contributed by atoms with Gasteiger partial charge in [-0.25, -0.2) is 4.79 Å². The number of carbonyl (C=O) groups excluding carboxylic acids is 2. The Morgan fingerprint density at radius 1 is 1.17 bits per heavy atom. The molecule has 2 unspecified atom stereocenters. The number of hydrogen-bond donors (Lipinski definition) is 1. The van der Waals surface area contributed by atoms with Gasteiger partial charge in [-0.15, -0.1) is 11.8 Å². The maximum absolute atomic E-state index is 12.7. The first kappa shape index (κ1) is 22.5. The molecule has 3 amide bonds. The lowest BCUT2D eigenvalue weighted by atomic mass is 10.2. The van der Waals surface area contributed by atoms with Gasteiger partial charge >= 0.3 is 6.03 Å². The van der Waals surface area contributed by atoms with Crippen molar-refractivity contribution in [1.29, 1.82) is 0 Å². The minimum Gasteiger partial charge on any atom is -0.338 e. The third-order valence-electron chi connectivity index (χ3n) is 5.32. The Hall–Kier alpha value is -1.15. The van der Waals surface area contributed by atoms with Crippen molar-refractivity contribution in [3.63, 3.8) is 0 Å². The Morgan fingerprint density at radius 2 is 1.90 bits per heavy atom. The summed E-state index contributed by atoms with van der Waals surface area (Å²) in [5, 5.41) is 3.83. The summed E-state index contributed by atoms with van der Waals surface area (Å²) in [6, 6.07) is 5.60. The van der Waals surface area contributed by atoms with Gasteiger partial charge in [-0.2, -0.15) is 0 Å². The quantitative estimate of drug-likeness (QED) is 0.705. The fraction of sp³-hybridized carbons (Fsp3) is 0.600. The van der Waals surface area contributed by atoms with Crippen molar-refractivity contribution in [2.75, 3.05) is 45.8 Å². The van der Waals surface area contributed by atoms with Crippen molar-refractivity contribution in [2.24, 2.45) is 0 Å². The molecule has 29 heavy (non-hydrogen) atoms. The van der Waals surface area contributed by atoms with Crippen molar-refractivity contribution < 1.29 is 9.59 Å². The van der Waals surface area contributed by atoms with Crippen molar-refractivity contribution in [3.8, 4) is 0 Å². The van der Waals surface area contributed by atoms with Gasteiger partial charge < -0.3 is 15.1 Å². The molecule has 3 rings (SSSR count). The maximum Gasteiger partial charge on any atom is 0.317 e. The van der Waals surface area contributed by atoms with E-state index in [0.717, 1.165) is 31.6 Å². The van der Waals surface area contributed by atoms with Crippen molar-refractivity contribution in [3.05, 3.63) is 33.8 Å². The highest BCUT2D eigenvalue weighted by molar-refractivity contribution is 8.01. The highest BCUT2D eigenvalue weighted by Crippen LogP contribution is 2.43.